The molecule has 13 heavy (non-hydrogen) atoms. The van der Waals surface area contributed by atoms with E-state index in [1.807, 2.05) is 0 Å². The molecule has 0 fully saturated rings. The lowest BCUT2D eigenvalue weighted by atomic mass is 10.2. The van der Waals surface area contributed by atoms with Gasteiger partial charge < -0.3 is 10.2 Å². The third kappa shape index (κ3) is 2.05. The van der Waals surface area contributed by atoms with Crippen molar-refractivity contribution in [3.8, 4) is 5.75 Å². The SMILES string of the molecule is OCc1ncc(O)c(I)c1C(F)F. The van der Waals surface area contributed by atoms with Crippen molar-refractivity contribution in [2.75, 3.05) is 0 Å². The summed E-state index contributed by atoms with van der Waals surface area (Å²) < 4.78 is 24.8. The number of aromatic hydroxyl groups is 1. The van der Waals surface area contributed by atoms with Gasteiger partial charge in [0.2, 0.25) is 0 Å². The van der Waals surface area contributed by atoms with E-state index in [1.165, 1.54) is 0 Å². The van der Waals surface area contributed by atoms with Crippen molar-refractivity contribution in [3.05, 3.63) is 21.0 Å². The van der Waals surface area contributed by atoms with E-state index in [2.05, 4.69) is 4.98 Å². The molecule has 1 heterocycles. The fourth-order valence-electron chi connectivity index (χ4n) is 0.878. The second-order valence-electron chi connectivity index (χ2n) is 2.28. The Morgan fingerprint density at radius 2 is 2.15 bits per heavy atom. The van der Waals surface area contributed by atoms with Gasteiger partial charge in [-0.05, 0) is 22.6 Å². The number of aliphatic hydroxyl groups excluding tert-OH is 1. The second-order valence-corrected chi connectivity index (χ2v) is 3.36. The van der Waals surface area contributed by atoms with Crippen LogP contribution in [0.25, 0.3) is 0 Å². The third-order valence-corrected chi connectivity index (χ3v) is 2.62. The van der Waals surface area contributed by atoms with E-state index in [1.54, 1.807) is 22.6 Å². The highest BCUT2D eigenvalue weighted by Crippen LogP contribution is 2.31. The summed E-state index contributed by atoms with van der Waals surface area (Å²) in [4.78, 5) is 3.49. The third-order valence-electron chi connectivity index (χ3n) is 1.48. The van der Waals surface area contributed by atoms with Crippen LogP contribution in [0.1, 0.15) is 17.7 Å². The van der Waals surface area contributed by atoms with Crippen LogP contribution in [-0.2, 0) is 6.61 Å². The highest BCUT2D eigenvalue weighted by Gasteiger charge is 2.19. The summed E-state index contributed by atoms with van der Waals surface area (Å²) in [7, 11) is 0. The highest BCUT2D eigenvalue weighted by atomic mass is 127. The molecule has 0 aliphatic carbocycles. The molecule has 72 valence electrons. The summed E-state index contributed by atoms with van der Waals surface area (Å²) in [5, 5.41) is 17.8. The van der Waals surface area contributed by atoms with Crippen LogP contribution in [0.3, 0.4) is 0 Å². The van der Waals surface area contributed by atoms with Crippen molar-refractivity contribution >= 4 is 22.6 Å². The number of pyridine rings is 1. The minimum atomic E-state index is -2.74. The van der Waals surface area contributed by atoms with Gasteiger partial charge in [-0.3, -0.25) is 4.98 Å². The van der Waals surface area contributed by atoms with Crippen molar-refractivity contribution in [2.24, 2.45) is 0 Å². The molecule has 0 saturated carbocycles. The van der Waals surface area contributed by atoms with Crippen molar-refractivity contribution in [3.63, 3.8) is 0 Å². The lowest BCUT2D eigenvalue weighted by Gasteiger charge is -2.08. The molecule has 6 heteroatoms. The van der Waals surface area contributed by atoms with Crippen LogP contribution in [-0.4, -0.2) is 15.2 Å². The molecule has 0 amide bonds. The van der Waals surface area contributed by atoms with Crippen LogP contribution < -0.4 is 0 Å². The fraction of sp³-hybridized carbons (Fsp3) is 0.286. The molecule has 0 atom stereocenters. The van der Waals surface area contributed by atoms with Gasteiger partial charge in [0.05, 0.1) is 27.6 Å². The molecule has 0 saturated heterocycles. The average molecular weight is 301 g/mol. The summed E-state index contributed by atoms with van der Waals surface area (Å²) in [6, 6.07) is 0. The Balaban J connectivity index is 3.32. The van der Waals surface area contributed by atoms with E-state index in [-0.39, 0.29) is 15.0 Å². The zero-order chi connectivity index (χ0) is 10.0. The van der Waals surface area contributed by atoms with Gasteiger partial charge in [-0.15, -0.1) is 0 Å². The van der Waals surface area contributed by atoms with Gasteiger partial charge in [0.15, 0.2) is 0 Å². The van der Waals surface area contributed by atoms with Crippen molar-refractivity contribution in [2.45, 2.75) is 13.0 Å². The standard InChI is InChI=1S/C7H6F2INO2/c8-7(9)5-3(2-12)11-1-4(13)6(5)10/h1,7,12-13H,2H2. The number of hydrogen-bond acceptors (Lipinski definition) is 3. The molecule has 0 spiro atoms. The van der Waals surface area contributed by atoms with Gasteiger partial charge in [-0.1, -0.05) is 0 Å². The van der Waals surface area contributed by atoms with Crippen LogP contribution in [0.15, 0.2) is 6.20 Å². The molecule has 0 bridgehead atoms. The van der Waals surface area contributed by atoms with E-state index in [0.29, 0.717) is 0 Å². The van der Waals surface area contributed by atoms with E-state index >= 15 is 0 Å². The first-order valence-corrected chi connectivity index (χ1v) is 4.41. The Morgan fingerprint density at radius 3 is 2.62 bits per heavy atom. The topological polar surface area (TPSA) is 53.4 Å². The average Bonchev–Trinajstić information content (AvgIpc) is 2.08. The monoisotopic (exact) mass is 301 g/mol. The summed E-state index contributed by atoms with van der Waals surface area (Å²) in [5.74, 6) is -0.298. The van der Waals surface area contributed by atoms with Gasteiger partial charge in [0, 0.05) is 0 Å². The predicted molar refractivity (Wildman–Crippen MR) is 49.5 cm³/mol. The number of rotatable bonds is 2. The fourth-order valence-corrected chi connectivity index (χ4v) is 1.56. The Labute approximate surface area is 86.6 Å². The maximum atomic E-state index is 12.4. The Kier molecular flexibility index (Phi) is 3.37. The Bertz CT molecular complexity index is 320. The minimum Gasteiger partial charge on any atom is -0.505 e. The summed E-state index contributed by atoms with van der Waals surface area (Å²) in [5.41, 5.74) is -0.500. The van der Waals surface area contributed by atoms with E-state index in [0.717, 1.165) is 6.20 Å². The molecule has 0 radical (unpaired) electrons. The van der Waals surface area contributed by atoms with Crippen molar-refractivity contribution < 1.29 is 19.0 Å². The molecule has 1 rings (SSSR count). The van der Waals surface area contributed by atoms with Crippen LogP contribution in [0.4, 0.5) is 8.78 Å². The zero-order valence-electron chi connectivity index (χ0n) is 6.34. The summed E-state index contributed by atoms with van der Waals surface area (Å²) in [6.45, 7) is -0.560. The molecule has 0 aromatic carbocycles. The first-order chi connectivity index (χ1) is 6.07. The van der Waals surface area contributed by atoms with Crippen molar-refractivity contribution in [1.29, 1.82) is 0 Å². The molecule has 1 aromatic rings. The lowest BCUT2D eigenvalue weighted by molar-refractivity contribution is 0.144. The minimum absolute atomic E-state index is 0.0339. The Morgan fingerprint density at radius 1 is 1.54 bits per heavy atom. The molecule has 3 nitrogen and oxygen atoms in total. The van der Waals surface area contributed by atoms with Gasteiger partial charge in [-0.2, -0.15) is 0 Å². The van der Waals surface area contributed by atoms with Gasteiger partial charge in [-0.25, -0.2) is 8.78 Å². The normalized spacial score (nSPS) is 10.8. The van der Waals surface area contributed by atoms with E-state index in [9.17, 15) is 8.78 Å². The molecule has 0 aliphatic rings. The quantitative estimate of drug-likeness (QED) is 0.819. The van der Waals surface area contributed by atoms with Crippen LogP contribution in [0.2, 0.25) is 0 Å². The first kappa shape index (κ1) is 10.6. The Hall–Kier alpha value is -0.500. The largest absolute Gasteiger partial charge is 0.505 e. The number of alkyl halides is 2. The number of aliphatic hydroxyl groups is 1. The predicted octanol–water partition coefficient (Wildman–Crippen LogP) is 1.82. The number of aromatic nitrogens is 1. The molecular weight excluding hydrogens is 295 g/mol. The number of halogens is 3. The second kappa shape index (κ2) is 4.14. The first-order valence-electron chi connectivity index (χ1n) is 3.33. The van der Waals surface area contributed by atoms with Gasteiger partial charge in [0.25, 0.3) is 6.43 Å². The lowest BCUT2D eigenvalue weighted by Crippen LogP contribution is -2.01. The van der Waals surface area contributed by atoms with Crippen molar-refractivity contribution in [1.82, 2.24) is 4.98 Å². The molecular formula is C7H6F2INO2. The molecule has 1 aromatic heterocycles. The highest BCUT2D eigenvalue weighted by molar-refractivity contribution is 14.1. The summed E-state index contributed by atoms with van der Waals surface area (Å²) >= 11 is 1.59. The number of hydrogen-bond donors (Lipinski definition) is 2. The summed E-state index contributed by atoms with van der Waals surface area (Å²) in [6.07, 6.45) is -1.70. The molecule has 2 N–H and O–H groups in total. The maximum Gasteiger partial charge on any atom is 0.266 e. The van der Waals surface area contributed by atoms with Crippen LogP contribution >= 0.6 is 22.6 Å². The smallest absolute Gasteiger partial charge is 0.266 e. The van der Waals surface area contributed by atoms with Gasteiger partial charge >= 0.3 is 0 Å². The molecule has 0 unspecified atom stereocenters. The number of nitrogens with zero attached hydrogens (tertiary/aromatic N) is 1. The van der Waals surface area contributed by atoms with Gasteiger partial charge in [0.1, 0.15) is 5.75 Å². The van der Waals surface area contributed by atoms with Crippen LogP contribution in [0, 0.1) is 3.57 Å². The maximum absolute atomic E-state index is 12.4. The zero-order valence-corrected chi connectivity index (χ0v) is 8.49. The van der Waals surface area contributed by atoms with E-state index < -0.39 is 18.6 Å². The van der Waals surface area contributed by atoms with Crippen LogP contribution in [0.5, 0.6) is 5.75 Å². The van der Waals surface area contributed by atoms with E-state index in [4.69, 9.17) is 10.2 Å². The molecule has 0 aliphatic heterocycles.